The highest BCUT2D eigenvalue weighted by Crippen LogP contribution is 2.22. The van der Waals surface area contributed by atoms with Crippen molar-refractivity contribution >= 4 is 5.69 Å². The zero-order chi connectivity index (χ0) is 15.5. The van der Waals surface area contributed by atoms with Crippen LogP contribution < -0.4 is 5.73 Å². The summed E-state index contributed by atoms with van der Waals surface area (Å²) in [5.74, 6) is 6.38. The molecule has 3 heteroatoms. The van der Waals surface area contributed by atoms with E-state index in [4.69, 9.17) is 5.73 Å². The van der Waals surface area contributed by atoms with E-state index in [0.29, 0.717) is 0 Å². The molecular weight excluding hydrogens is 270 g/mol. The fourth-order valence-electron chi connectivity index (χ4n) is 2.29. The maximum absolute atomic E-state index is 5.69. The number of anilines is 1. The van der Waals surface area contributed by atoms with Crippen molar-refractivity contribution in [3.63, 3.8) is 0 Å². The predicted molar refractivity (Wildman–Crippen MR) is 90.2 cm³/mol. The van der Waals surface area contributed by atoms with Gasteiger partial charge in [0.15, 0.2) is 0 Å². The summed E-state index contributed by atoms with van der Waals surface area (Å²) >= 11 is 0. The van der Waals surface area contributed by atoms with Crippen molar-refractivity contribution in [3.05, 3.63) is 71.4 Å². The van der Waals surface area contributed by atoms with Crippen molar-refractivity contribution in [3.8, 4) is 23.1 Å². The van der Waals surface area contributed by atoms with Gasteiger partial charge < -0.3 is 5.73 Å². The maximum atomic E-state index is 5.69. The molecule has 1 aromatic heterocycles. The number of aromatic nitrogens is 2. The Kier molecular flexibility index (Phi) is 3.67. The van der Waals surface area contributed by atoms with Crippen molar-refractivity contribution < 1.29 is 0 Å². The van der Waals surface area contributed by atoms with Gasteiger partial charge in [-0.25, -0.2) is 0 Å². The molecule has 0 spiro atoms. The molecule has 0 bridgehead atoms. The summed E-state index contributed by atoms with van der Waals surface area (Å²) in [6, 6.07) is 15.8. The van der Waals surface area contributed by atoms with Gasteiger partial charge in [-0.3, -0.25) is 4.68 Å². The third-order valence-corrected chi connectivity index (χ3v) is 3.37. The van der Waals surface area contributed by atoms with Crippen molar-refractivity contribution in [2.24, 2.45) is 7.05 Å². The highest BCUT2D eigenvalue weighted by molar-refractivity contribution is 5.68. The average Bonchev–Trinajstić information content (AvgIpc) is 2.88. The molecule has 2 aromatic carbocycles. The molecule has 0 fully saturated rings. The van der Waals surface area contributed by atoms with E-state index in [2.05, 4.69) is 42.1 Å². The molecule has 0 amide bonds. The summed E-state index contributed by atoms with van der Waals surface area (Å²) in [4.78, 5) is 0. The van der Waals surface area contributed by atoms with Crippen LogP contribution in [0.1, 0.15) is 16.7 Å². The Labute approximate surface area is 130 Å². The van der Waals surface area contributed by atoms with Crippen LogP contribution in [0.15, 0.2) is 54.7 Å². The van der Waals surface area contributed by atoms with Gasteiger partial charge in [-0.2, -0.15) is 5.10 Å². The third kappa shape index (κ3) is 3.02. The average molecular weight is 287 g/mol. The highest BCUT2D eigenvalue weighted by atomic mass is 15.2. The van der Waals surface area contributed by atoms with E-state index in [0.717, 1.165) is 28.1 Å². The molecule has 0 aliphatic heterocycles. The Morgan fingerprint density at radius 3 is 2.55 bits per heavy atom. The fourth-order valence-corrected chi connectivity index (χ4v) is 2.29. The van der Waals surface area contributed by atoms with Gasteiger partial charge in [-0.15, -0.1) is 0 Å². The van der Waals surface area contributed by atoms with E-state index in [9.17, 15) is 0 Å². The number of rotatable bonds is 1. The first kappa shape index (κ1) is 14.0. The first-order valence-corrected chi connectivity index (χ1v) is 7.10. The van der Waals surface area contributed by atoms with Gasteiger partial charge >= 0.3 is 0 Å². The summed E-state index contributed by atoms with van der Waals surface area (Å²) < 4.78 is 1.80. The molecule has 3 rings (SSSR count). The number of nitrogens with zero attached hydrogens (tertiary/aromatic N) is 2. The SMILES string of the molecule is Cc1cccc(-c2nn(C)cc2C#Cc2ccc(N)cc2)c1. The summed E-state index contributed by atoms with van der Waals surface area (Å²) in [6.45, 7) is 2.08. The molecule has 3 aromatic rings. The Bertz CT molecular complexity index is 862. The predicted octanol–water partition coefficient (Wildman–Crippen LogP) is 3.38. The lowest BCUT2D eigenvalue weighted by molar-refractivity contribution is 0.770. The molecule has 108 valence electrons. The fraction of sp³-hybridized carbons (Fsp3) is 0.105. The highest BCUT2D eigenvalue weighted by Gasteiger charge is 2.08. The first-order valence-electron chi connectivity index (χ1n) is 7.10. The van der Waals surface area contributed by atoms with Crippen molar-refractivity contribution in [1.29, 1.82) is 0 Å². The van der Waals surface area contributed by atoms with E-state index in [-0.39, 0.29) is 0 Å². The number of benzene rings is 2. The van der Waals surface area contributed by atoms with Gasteiger partial charge in [0.1, 0.15) is 5.69 Å². The van der Waals surface area contributed by atoms with E-state index >= 15 is 0 Å². The molecule has 22 heavy (non-hydrogen) atoms. The summed E-state index contributed by atoms with van der Waals surface area (Å²) in [5, 5.41) is 4.54. The molecule has 0 aliphatic carbocycles. The molecule has 2 N–H and O–H groups in total. The van der Waals surface area contributed by atoms with Crippen molar-refractivity contribution in [2.75, 3.05) is 5.73 Å². The summed E-state index contributed by atoms with van der Waals surface area (Å²) in [7, 11) is 1.91. The van der Waals surface area contributed by atoms with Crippen LogP contribution in [0.2, 0.25) is 0 Å². The molecule has 1 heterocycles. The van der Waals surface area contributed by atoms with Crippen LogP contribution >= 0.6 is 0 Å². The molecular formula is C19H17N3. The molecule has 3 nitrogen and oxygen atoms in total. The lowest BCUT2D eigenvalue weighted by atomic mass is 10.1. The van der Waals surface area contributed by atoms with E-state index < -0.39 is 0 Å². The number of nitrogens with two attached hydrogens (primary N) is 1. The molecule has 0 saturated carbocycles. The van der Waals surface area contributed by atoms with Crippen LogP contribution in [0.5, 0.6) is 0 Å². The Balaban J connectivity index is 2.00. The standard InChI is InChI=1S/C19H17N3/c1-14-4-3-5-16(12-14)19-17(13-22(2)21-19)9-6-15-7-10-18(20)11-8-15/h3-5,7-8,10-13H,20H2,1-2H3. The smallest absolute Gasteiger partial charge is 0.108 e. The Morgan fingerprint density at radius 1 is 1.05 bits per heavy atom. The molecule has 0 saturated heterocycles. The monoisotopic (exact) mass is 287 g/mol. The largest absolute Gasteiger partial charge is 0.399 e. The van der Waals surface area contributed by atoms with Crippen LogP contribution in [0.4, 0.5) is 5.69 Å². The van der Waals surface area contributed by atoms with Gasteiger partial charge in [0, 0.05) is 30.1 Å². The van der Waals surface area contributed by atoms with Gasteiger partial charge in [0.2, 0.25) is 0 Å². The molecule has 0 unspecified atom stereocenters. The quantitative estimate of drug-likeness (QED) is 0.551. The van der Waals surface area contributed by atoms with Gasteiger partial charge in [-0.1, -0.05) is 35.6 Å². The summed E-state index contributed by atoms with van der Waals surface area (Å²) in [5.41, 5.74) is 11.5. The minimum atomic E-state index is 0.743. The Morgan fingerprint density at radius 2 is 1.82 bits per heavy atom. The number of aryl methyl sites for hydroxylation is 2. The van der Waals surface area contributed by atoms with Gasteiger partial charge in [0.05, 0.1) is 5.56 Å². The van der Waals surface area contributed by atoms with Crippen LogP contribution in [-0.4, -0.2) is 9.78 Å². The van der Waals surface area contributed by atoms with Crippen molar-refractivity contribution in [1.82, 2.24) is 9.78 Å². The zero-order valence-electron chi connectivity index (χ0n) is 12.7. The van der Waals surface area contributed by atoms with E-state index in [1.54, 1.807) is 4.68 Å². The van der Waals surface area contributed by atoms with Crippen LogP contribution in [-0.2, 0) is 7.05 Å². The van der Waals surface area contributed by atoms with Crippen LogP contribution in [0.25, 0.3) is 11.3 Å². The number of hydrogen-bond acceptors (Lipinski definition) is 2. The zero-order valence-corrected chi connectivity index (χ0v) is 12.7. The molecule has 0 aliphatic rings. The van der Waals surface area contributed by atoms with E-state index in [1.165, 1.54) is 5.56 Å². The normalized spacial score (nSPS) is 10.1. The van der Waals surface area contributed by atoms with Crippen LogP contribution in [0.3, 0.4) is 0 Å². The lowest BCUT2D eigenvalue weighted by Crippen LogP contribution is -1.88. The van der Waals surface area contributed by atoms with Crippen LogP contribution in [0, 0.1) is 18.8 Å². The van der Waals surface area contributed by atoms with E-state index in [1.807, 2.05) is 43.6 Å². The lowest BCUT2D eigenvalue weighted by Gasteiger charge is -1.99. The molecule has 0 radical (unpaired) electrons. The first-order chi connectivity index (χ1) is 10.6. The van der Waals surface area contributed by atoms with Gasteiger partial charge in [0.25, 0.3) is 0 Å². The van der Waals surface area contributed by atoms with Gasteiger partial charge in [-0.05, 0) is 37.3 Å². The third-order valence-electron chi connectivity index (χ3n) is 3.37. The number of nitrogen functional groups attached to an aromatic ring is 1. The summed E-state index contributed by atoms with van der Waals surface area (Å²) in [6.07, 6.45) is 1.95. The van der Waals surface area contributed by atoms with Crippen molar-refractivity contribution in [2.45, 2.75) is 6.92 Å². The molecule has 0 atom stereocenters. The second-order valence-corrected chi connectivity index (χ2v) is 5.31. The second kappa shape index (κ2) is 5.79. The second-order valence-electron chi connectivity index (χ2n) is 5.31. The number of hydrogen-bond donors (Lipinski definition) is 1. The Hall–Kier alpha value is -2.99. The topological polar surface area (TPSA) is 43.8 Å². The maximum Gasteiger partial charge on any atom is 0.108 e. The minimum Gasteiger partial charge on any atom is -0.399 e. The minimum absolute atomic E-state index is 0.743.